The average molecular weight is 162 g/mol. The lowest BCUT2D eigenvalue weighted by atomic mass is 10.7. The molecule has 1 fully saturated rings. The van der Waals surface area contributed by atoms with Gasteiger partial charge in [-0.25, -0.2) is 0 Å². The number of carbonyl (C=O) groups excluding carboxylic acids is 1. The summed E-state index contributed by atoms with van der Waals surface area (Å²) in [4.78, 5) is 12.3. The SMILES string of the molecule is CC(=O)[15N]1CCSC1=S. The molecular weight excluding hydrogens is 155 g/mol. The van der Waals surface area contributed by atoms with Crippen LogP contribution in [0.2, 0.25) is 0 Å². The summed E-state index contributed by atoms with van der Waals surface area (Å²) in [5, 5.41) is 0. The zero-order valence-corrected chi connectivity index (χ0v) is 6.72. The molecule has 1 aliphatic heterocycles. The van der Waals surface area contributed by atoms with Crippen molar-refractivity contribution in [1.29, 1.82) is 0 Å². The Kier molecular flexibility index (Phi) is 2.08. The highest BCUT2D eigenvalue weighted by Gasteiger charge is 2.20. The Morgan fingerprint density at radius 2 is 2.56 bits per heavy atom. The molecule has 0 unspecified atom stereocenters. The van der Waals surface area contributed by atoms with Gasteiger partial charge in [0.25, 0.3) is 0 Å². The molecule has 1 heterocycles. The summed E-state index contributed by atoms with van der Waals surface area (Å²) in [7, 11) is 0. The Morgan fingerprint density at radius 1 is 1.89 bits per heavy atom. The molecule has 0 atom stereocenters. The number of thiocarbonyl (C=S) groups is 1. The fourth-order valence-electron chi connectivity index (χ4n) is 0.679. The van der Waals surface area contributed by atoms with Crippen molar-refractivity contribution in [2.75, 3.05) is 12.3 Å². The molecule has 0 bridgehead atoms. The first-order valence-corrected chi connectivity index (χ1v) is 4.06. The molecule has 0 aromatic rings. The zero-order chi connectivity index (χ0) is 6.85. The monoisotopic (exact) mass is 162 g/mol. The molecule has 4 heteroatoms. The van der Waals surface area contributed by atoms with E-state index in [9.17, 15) is 4.79 Å². The summed E-state index contributed by atoms with van der Waals surface area (Å²) < 4.78 is 0.725. The lowest BCUT2D eigenvalue weighted by Gasteiger charge is -2.09. The molecule has 0 aromatic carbocycles. The number of amides is 1. The predicted molar refractivity (Wildman–Crippen MR) is 42.4 cm³/mol. The van der Waals surface area contributed by atoms with Gasteiger partial charge in [-0.2, -0.15) is 0 Å². The van der Waals surface area contributed by atoms with Gasteiger partial charge in [-0.05, 0) is 0 Å². The van der Waals surface area contributed by atoms with E-state index in [1.54, 1.807) is 16.7 Å². The Bertz CT molecular complexity index is 157. The third-order valence-corrected chi connectivity index (χ3v) is 2.57. The van der Waals surface area contributed by atoms with Gasteiger partial charge >= 0.3 is 0 Å². The van der Waals surface area contributed by atoms with E-state index < -0.39 is 0 Å². The van der Waals surface area contributed by atoms with Crippen LogP contribution in [0.25, 0.3) is 0 Å². The van der Waals surface area contributed by atoms with Gasteiger partial charge in [0.15, 0.2) is 0 Å². The molecule has 9 heavy (non-hydrogen) atoms. The van der Waals surface area contributed by atoms with Gasteiger partial charge in [-0.3, -0.25) is 9.69 Å². The lowest BCUT2D eigenvalue weighted by Crippen LogP contribution is -2.27. The van der Waals surface area contributed by atoms with E-state index in [1.165, 1.54) is 6.92 Å². The molecule has 1 rings (SSSR count). The fourth-order valence-corrected chi connectivity index (χ4v) is 1.97. The van der Waals surface area contributed by atoms with Gasteiger partial charge in [0.1, 0.15) is 4.32 Å². The standard InChI is InChI=1S/C5H7NOS2/c1-4(7)6-2-3-9-5(6)8/h2-3H2,1H3/i6+1. The molecule has 1 aliphatic rings. The van der Waals surface area contributed by atoms with Gasteiger partial charge in [0, 0.05) is 19.2 Å². The number of hydrogen-bond acceptors (Lipinski definition) is 3. The van der Waals surface area contributed by atoms with E-state index in [0.717, 1.165) is 16.6 Å². The van der Waals surface area contributed by atoms with E-state index >= 15 is 0 Å². The average Bonchev–Trinajstić information content (AvgIpc) is 2.13. The first-order valence-electron chi connectivity index (χ1n) is 2.66. The van der Waals surface area contributed by atoms with Crippen LogP contribution < -0.4 is 0 Å². The Labute approximate surface area is 63.6 Å². The van der Waals surface area contributed by atoms with Crippen LogP contribution >= 0.6 is 24.0 Å². The summed E-state index contributed by atoms with van der Waals surface area (Å²) in [6.07, 6.45) is 0. The van der Waals surface area contributed by atoms with Crippen LogP contribution in [0, 0.1) is 0 Å². The number of carbonyl (C=O) groups is 1. The number of hydrogen-bond donors (Lipinski definition) is 0. The van der Waals surface area contributed by atoms with E-state index in [-0.39, 0.29) is 5.91 Å². The maximum absolute atomic E-state index is 10.7. The second-order valence-corrected chi connectivity index (χ2v) is 3.51. The van der Waals surface area contributed by atoms with Crippen molar-refractivity contribution in [2.24, 2.45) is 0 Å². The summed E-state index contributed by atoms with van der Waals surface area (Å²) in [5.74, 6) is 1.02. The van der Waals surface area contributed by atoms with E-state index in [1.807, 2.05) is 0 Å². The van der Waals surface area contributed by atoms with Crippen LogP contribution in [-0.4, -0.2) is 27.4 Å². The Hall–Kier alpha value is -0.0900. The maximum Gasteiger partial charge on any atom is 0.224 e. The van der Waals surface area contributed by atoms with Crippen molar-refractivity contribution in [3.8, 4) is 0 Å². The summed E-state index contributed by atoms with van der Waals surface area (Å²) in [6, 6.07) is 0. The summed E-state index contributed by atoms with van der Waals surface area (Å²) in [6.45, 7) is 2.33. The molecule has 1 saturated heterocycles. The zero-order valence-electron chi connectivity index (χ0n) is 5.09. The number of thioether (sulfide) groups is 1. The van der Waals surface area contributed by atoms with Crippen LogP contribution in [0.1, 0.15) is 6.92 Å². The van der Waals surface area contributed by atoms with Gasteiger partial charge in [0.2, 0.25) is 5.91 Å². The molecule has 1 amide bonds. The fraction of sp³-hybridized carbons (Fsp3) is 0.600. The smallest absolute Gasteiger partial charge is 0.224 e. The Morgan fingerprint density at radius 3 is 2.78 bits per heavy atom. The first-order chi connectivity index (χ1) is 4.22. The highest BCUT2D eigenvalue weighted by atomic mass is 32.2. The third kappa shape index (κ3) is 1.43. The topological polar surface area (TPSA) is 20.3 Å². The molecule has 50 valence electrons. The van der Waals surface area contributed by atoms with Crippen molar-refractivity contribution in [3.63, 3.8) is 0 Å². The normalized spacial score (nSPS) is 18.8. The van der Waals surface area contributed by atoms with Crippen molar-refractivity contribution in [2.45, 2.75) is 6.92 Å². The Balaban J connectivity index is 2.60. The first kappa shape index (κ1) is 7.02. The molecule has 0 radical (unpaired) electrons. The van der Waals surface area contributed by atoms with Crippen molar-refractivity contribution >= 4 is 34.2 Å². The number of nitrogens with zero attached hydrogens (tertiary/aromatic N) is 1. The molecule has 0 spiro atoms. The minimum Gasteiger partial charge on any atom is -0.297 e. The summed E-state index contributed by atoms with van der Waals surface area (Å²) >= 11 is 6.45. The van der Waals surface area contributed by atoms with Gasteiger partial charge in [-0.15, -0.1) is 0 Å². The number of rotatable bonds is 0. The van der Waals surface area contributed by atoms with Crippen molar-refractivity contribution < 1.29 is 4.79 Å². The van der Waals surface area contributed by atoms with Crippen LogP contribution in [0.3, 0.4) is 0 Å². The molecule has 0 N–H and O–H groups in total. The molecule has 0 saturated carbocycles. The molecule has 2 nitrogen and oxygen atoms in total. The maximum atomic E-state index is 10.7. The van der Waals surface area contributed by atoms with Gasteiger partial charge in [0.05, 0.1) is 0 Å². The van der Waals surface area contributed by atoms with Crippen LogP contribution in [0.5, 0.6) is 0 Å². The highest BCUT2D eigenvalue weighted by molar-refractivity contribution is 8.23. The second kappa shape index (κ2) is 2.66. The molecular formula is C5H7NOS2. The second-order valence-electron chi connectivity index (χ2n) is 1.79. The molecule has 0 aliphatic carbocycles. The summed E-state index contributed by atoms with van der Waals surface area (Å²) in [5.41, 5.74) is 0. The lowest BCUT2D eigenvalue weighted by molar-refractivity contribution is -0.124. The molecule has 0 aromatic heterocycles. The minimum atomic E-state index is 0.0602. The largest absolute Gasteiger partial charge is 0.297 e. The third-order valence-electron chi connectivity index (χ3n) is 1.14. The van der Waals surface area contributed by atoms with E-state index in [0.29, 0.717) is 0 Å². The van der Waals surface area contributed by atoms with Crippen LogP contribution in [0.4, 0.5) is 0 Å². The van der Waals surface area contributed by atoms with Gasteiger partial charge in [-0.1, -0.05) is 24.0 Å². The van der Waals surface area contributed by atoms with Crippen molar-refractivity contribution in [3.05, 3.63) is 0 Å². The highest BCUT2D eigenvalue weighted by Crippen LogP contribution is 2.17. The van der Waals surface area contributed by atoms with Crippen molar-refractivity contribution in [1.82, 2.24) is 4.90 Å². The minimum absolute atomic E-state index is 0.0602. The van der Waals surface area contributed by atoms with Gasteiger partial charge < -0.3 is 0 Å². The quantitative estimate of drug-likeness (QED) is 0.389. The van der Waals surface area contributed by atoms with Crippen LogP contribution in [-0.2, 0) is 4.79 Å². The van der Waals surface area contributed by atoms with Crippen LogP contribution in [0.15, 0.2) is 0 Å². The van der Waals surface area contributed by atoms with E-state index in [2.05, 4.69) is 0 Å². The van der Waals surface area contributed by atoms with E-state index in [4.69, 9.17) is 12.2 Å². The predicted octanol–water partition coefficient (Wildman–Crippen LogP) is 0.867.